The van der Waals surface area contributed by atoms with Crippen molar-refractivity contribution in [2.24, 2.45) is 14.1 Å². The van der Waals surface area contributed by atoms with Crippen LogP contribution >= 0.6 is 23.1 Å². The molecule has 0 aliphatic heterocycles. The van der Waals surface area contributed by atoms with E-state index in [-0.39, 0.29) is 30.2 Å². The van der Waals surface area contributed by atoms with Crippen LogP contribution in [-0.4, -0.2) is 45.5 Å². The van der Waals surface area contributed by atoms with Crippen LogP contribution in [0.5, 0.6) is 0 Å². The van der Waals surface area contributed by atoms with E-state index in [0.717, 1.165) is 35.0 Å². The summed E-state index contributed by atoms with van der Waals surface area (Å²) in [5, 5.41) is 10.9. The summed E-state index contributed by atoms with van der Waals surface area (Å²) >= 11 is 2.63. The van der Waals surface area contributed by atoms with E-state index >= 15 is 0 Å². The van der Waals surface area contributed by atoms with Gasteiger partial charge < -0.3 is 23.7 Å². The lowest BCUT2D eigenvalue weighted by Crippen LogP contribution is -2.38. The first kappa shape index (κ1) is 32.8. The van der Waals surface area contributed by atoms with E-state index in [4.69, 9.17) is 9.47 Å². The van der Waals surface area contributed by atoms with Gasteiger partial charge in [-0.1, -0.05) is 0 Å². The quantitative estimate of drug-likeness (QED) is 0.191. The van der Waals surface area contributed by atoms with Crippen LogP contribution in [0.1, 0.15) is 29.7 Å². The normalized spacial score (nSPS) is 11.3. The molecule has 2 aromatic carbocycles. The smallest absolute Gasteiger partial charge is 0.335 e. The molecule has 0 saturated carbocycles. The van der Waals surface area contributed by atoms with Gasteiger partial charge in [0.2, 0.25) is 0 Å². The van der Waals surface area contributed by atoms with Crippen LogP contribution in [0.2, 0.25) is 0 Å². The molecule has 240 valence electrons. The Bertz CT molecular complexity index is 2290. The van der Waals surface area contributed by atoms with Crippen LogP contribution in [0.15, 0.2) is 67.7 Å². The topological polar surface area (TPSA) is 152 Å². The summed E-state index contributed by atoms with van der Waals surface area (Å²) in [6.45, 7) is 6.26. The zero-order valence-corrected chi connectivity index (χ0v) is 27.5. The van der Waals surface area contributed by atoms with Crippen molar-refractivity contribution < 1.29 is 14.6 Å². The number of nitrogens with zero attached hydrogens (tertiary/aromatic N) is 6. The summed E-state index contributed by atoms with van der Waals surface area (Å²) in [5.74, 6) is 0. The first-order chi connectivity index (χ1) is 22.0. The second kappa shape index (κ2) is 13.8. The third kappa shape index (κ3) is 6.41. The predicted octanol–water partition coefficient (Wildman–Crippen LogP) is 2.91. The molecule has 0 aliphatic rings. The lowest BCUT2D eigenvalue weighted by atomic mass is 10.2. The molecule has 0 spiro atoms. The minimum atomic E-state index is -0.395. The fraction of sp³-hybridized carbons (Fsp3) is 0.290. The third-order valence-electron chi connectivity index (χ3n) is 7.45. The maximum atomic E-state index is 12.5. The van der Waals surface area contributed by atoms with Gasteiger partial charge in [0.25, 0.3) is 11.1 Å². The Morgan fingerprint density at radius 1 is 0.717 bits per heavy atom. The van der Waals surface area contributed by atoms with Gasteiger partial charge in [-0.05, 0) is 80.2 Å². The molecular formula is C31H32N6O7S2. The largest absolute Gasteiger partial charge is 0.390 e. The molecule has 15 heteroatoms. The Balaban J connectivity index is 0.000000184. The lowest BCUT2D eigenvalue weighted by molar-refractivity contribution is -0.0575. The molecule has 1 N–H and O–H groups in total. The molecule has 6 rings (SSSR count). The van der Waals surface area contributed by atoms with Gasteiger partial charge in [-0.2, -0.15) is 8.75 Å². The van der Waals surface area contributed by atoms with E-state index in [1.165, 1.54) is 44.3 Å². The zero-order valence-electron chi connectivity index (χ0n) is 25.8. The van der Waals surface area contributed by atoms with E-state index in [2.05, 4.69) is 8.75 Å². The fourth-order valence-corrected chi connectivity index (χ4v) is 6.21. The number of hydrogen-bond donors (Lipinski definition) is 1. The highest BCUT2D eigenvalue weighted by molar-refractivity contribution is 7.13. The first-order valence-corrected chi connectivity index (χ1v) is 15.7. The number of aryl methyl sites for hydroxylation is 2. The van der Waals surface area contributed by atoms with Crippen molar-refractivity contribution in [1.29, 1.82) is 0 Å². The molecule has 0 fully saturated rings. The van der Waals surface area contributed by atoms with Gasteiger partial charge in [0.15, 0.2) is 0 Å². The standard InChI is InChI=1S/C17H19N3O4S.C14H13N3O3S/c1-4-23-10-24-9-14-13-8-12(5-6-15(13)25-18-14)20-16(21)7-11(2)19(3)17(20)22;1-8-5-13(19)17(14(20)16(8)2)9-3-4-12-10(6-9)11(7-18)15-21-12/h5-8H,4,9-10H2,1-3H3;3-6,18H,7H2,1-2H3. The minimum absolute atomic E-state index is 0.176. The summed E-state index contributed by atoms with van der Waals surface area (Å²) in [7, 11) is 3.27. The number of rotatable bonds is 8. The number of aliphatic hydroxyl groups is 1. The SMILES string of the molecule is CCOCOCc1nsc2ccc(-n3c(=O)cc(C)n(C)c3=O)cc12.Cc1cc(=O)n(-c2ccc3snc(CO)c3c2)c(=O)n1C. The second-order valence-corrected chi connectivity index (χ2v) is 11.9. The van der Waals surface area contributed by atoms with Crippen LogP contribution in [0.25, 0.3) is 31.5 Å². The highest BCUT2D eigenvalue weighted by Gasteiger charge is 2.13. The summed E-state index contributed by atoms with van der Waals surface area (Å²) in [5.41, 5.74) is 2.04. The molecule has 0 unspecified atom stereocenters. The molecule has 0 bridgehead atoms. The monoisotopic (exact) mass is 664 g/mol. The van der Waals surface area contributed by atoms with E-state index in [0.29, 0.717) is 41.7 Å². The van der Waals surface area contributed by atoms with Crippen molar-refractivity contribution in [3.8, 4) is 11.4 Å². The Hall–Kier alpha value is -4.54. The van der Waals surface area contributed by atoms with Crippen LogP contribution in [0, 0.1) is 13.8 Å². The molecule has 0 radical (unpaired) electrons. The average Bonchev–Trinajstić information content (AvgIpc) is 3.64. The lowest BCUT2D eigenvalue weighted by Gasteiger charge is -2.09. The van der Waals surface area contributed by atoms with Crippen LogP contribution in [0.4, 0.5) is 0 Å². The van der Waals surface area contributed by atoms with Crippen molar-refractivity contribution in [2.45, 2.75) is 34.0 Å². The summed E-state index contributed by atoms with van der Waals surface area (Å²) in [6, 6.07) is 13.5. The van der Waals surface area contributed by atoms with E-state index in [9.17, 15) is 24.3 Å². The van der Waals surface area contributed by atoms with Gasteiger partial charge in [0, 0.05) is 55.0 Å². The Kier molecular flexibility index (Phi) is 9.88. The van der Waals surface area contributed by atoms with Gasteiger partial charge in [0.1, 0.15) is 6.79 Å². The molecule has 6 aromatic rings. The van der Waals surface area contributed by atoms with Gasteiger partial charge in [-0.25, -0.2) is 18.7 Å². The fourth-order valence-electron chi connectivity index (χ4n) is 4.68. The van der Waals surface area contributed by atoms with Gasteiger partial charge in [-0.15, -0.1) is 0 Å². The Morgan fingerprint density at radius 3 is 1.67 bits per heavy atom. The van der Waals surface area contributed by atoms with E-state index < -0.39 is 5.69 Å². The average molecular weight is 665 g/mol. The Morgan fingerprint density at radius 2 is 1.20 bits per heavy atom. The number of fused-ring (bicyclic) bond motifs is 2. The summed E-state index contributed by atoms with van der Waals surface area (Å²) < 4.78 is 26.2. The number of aromatic nitrogens is 6. The van der Waals surface area contributed by atoms with E-state index in [1.54, 1.807) is 58.3 Å². The van der Waals surface area contributed by atoms with Crippen LogP contribution < -0.4 is 22.5 Å². The highest BCUT2D eigenvalue weighted by Crippen LogP contribution is 2.26. The molecule has 46 heavy (non-hydrogen) atoms. The molecule has 4 heterocycles. The molecule has 0 saturated heterocycles. The number of ether oxygens (including phenoxy) is 2. The molecular weight excluding hydrogens is 633 g/mol. The predicted molar refractivity (Wildman–Crippen MR) is 178 cm³/mol. The van der Waals surface area contributed by atoms with Crippen molar-refractivity contribution in [2.75, 3.05) is 13.4 Å². The number of benzene rings is 2. The van der Waals surface area contributed by atoms with Crippen molar-refractivity contribution >= 4 is 43.2 Å². The summed E-state index contributed by atoms with van der Waals surface area (Å²) in [4.78, 5) is 49.2. The molecule has 13 nitrogen and oxygen atoms in total. The molecule has 0 atom stereocenters. The summed E-state index contributed by atoms with van der Waals surface area (Å²) in [6.07, 6.45) is 0. The molecule has 0 amide bonds. The third-order valence-corrected chi connectivity index (χ3v) is 9.18. The number of hydrogen-bond acceptors (Lipinski definition) is 11. The first-order valence-electron chi connectivity index (χ1n) is 14.2. The van der Waals surface area contributed by atoms with E-state index in [1.807, 2.05) is 13.0 Å². The maximum Gasteiger partial charge on any atom is 0.335 e. The van der Waals surface area contributed by atoms with Crippen molar-refractivity contribution in [1.82, 2.24) is 27.0 Å². The van der Waals surface area contributed by atoms with Gasteiger partial charge >= 0.3 is 11.4 Å². The van der Waals surface area contributed by atoms with Crippen LogP contribution in [-0.2, 0) is 36.8 Å². The highest BCUT2D eigenvalue weighted by atomic mass is 32.1. The second-order valence-electron chi connectivity index (χ2n) is 10.3. The van der Waals surface area contributed by atoms with Gasteiger partial charge in [-0.3, -0.25) is 9.59 Å². The van der Waals surface area contributed by atoms with Crippen LogP contribution in [0.3, 0.4) is 0 Å². The molecule has 0 aliphatic carbocycles. The minimum Gasteiger partial charge on any atom is -0.390 e. The number of aliphatic hydroxyl groups excluding tert-OH is 1. The molecule has 4 aromatic heterocycles. The van der Waals surface area contributed by atoms with Gasteiger partial charge in [0.05, 0.1) is 45.4 Å². The zero-order chi connectivity index (χ0) is 33.1. The maximum absolute atomic E-state index is 12.5. The Labute approximate surface area is 270 Å². The van der Waals surface area contributed by atoms with Crippen molar-refractivity contribution in [3.05, 3.63) is 113 Å². The van der Waals surface area contributed by atoms with Crippen molar-refractivity contribution in [3.63, 3.8) is 0 Å².